The molecule has 1 heterocycles. The summed E-state index contributed by atoms with van der Waals surface area (Å²) in [7, 11) is 0. The summed E-state index contributed by atoms with van der Waals surface area (Å²) >= 11 is 0. The zero-order valence-corrected chi connectivity index (χ0v) is 10.6. The minimum Gasteiger partial charge on any atom is -0.481 e. The SMILES string of the molecule is O=C(O)CC1CCCCN1Cc1cccc(F)c1F. The van der Waals surface area contributed by atoms with E-state index in [2.05, 4.69) is 0 Å². The standard InChI is InChI=1S/C14H17F2NO2/c15-12-6-3-4-10(14(12)16)9-17-7-2-1-5-11(17)8-13(18)19/h3-4,6,11H,1-2,5,7-9H2,(H,18,19). The lowest BCUT2D eigenvalue weighted by Crippen LogP contribution is -2.40. The van der Waals surface area contributed by atoms with Crippen molar-refractivity contribution in [3.8, 4) is 0 Å². The highest BCUT2D eigenvalue weighted by molar-refractivity contribution is 5.67. The molecule has 0 spiro atoms. The van der Waals surface area contributed by atoms with Crippen LogP contribution in [-0.4, -0.2) is 28.6 Å². The molecule has 0 aliphatic carbocycles. The Morgan fingerprint density at radius 2 is 2.16 bits per heavy atom. The molecule has 0 radical (unpaired) electrons. The number of hydrogen-bond acceptors (Lipinski definition) is 2. The second-order valence-corrected chi connectivity index (χ2v) is 4.93. The third-order valence-corrected chi connectivity index (χ3v) is 3.56. The van der Waals surface area contributed by atoms with Crippen molar-refractivity contribution in [1.29, 1.82) is 0 Å². The van der Waals surface area contributed by atoms with E-state index in [9.17, 15) is 13.6 Å². The van der Waals surface area contributed by atoms with E-state index in [1.165, 1.54) is 6.07 Å². The molecule has 0 amide bonds. The number of benzene rings is 1. The van der Waals surface area contributed by atoms with Crippen molar-refractivity contribution in [3.05, 3.63) is 35.4 Å². The van der Waals surface area contributed by atoms with Gasteiger partial charge in [0.15, 0.2) is 11.6 Å². The largest absolute Gasteiger partial charge is 0.481 e. The van der Waals surface area contributed by atoms with E-state index in [0.717, 1.165) is 31.9 Å². The lowest BCUT2D eigenvalue weighted by Gasteiger charge is -2.35. The molecule has 1 saturated heterocycles. The van der Waals surface area contributed by atoms with Gasteiger partial charge in [-0.15, -0.1) is 0 Å². The third-order valence-electron chi connectivity index (χ3n) is 3.56. The Morgan fingerprint density at radius 1 is 1.37 bits per heavy atom. The molecule has 19 heavy (non-hydrogen) atoms. The lowest BCUT2D eigenvalue weighted by molar-refractivity contribution is -0.138. The zero-order chi connectivity index (χ0) is 13.8. The van der Waals surface area contributed by atoms with Crippen LogP contribution in [0.15, 0.2) is 18.2 Å². The predicted octanol–water partition coefficient (Wildman–Crippen LogP) is 2.79. The molecule has 1 aliphatic heterocycles. The van der Waals surface area contributed by atoms with E-state index in [0.29, 0.717) is 0 Å². The minimum absolute atomic E-state index is 0.0525. The van der Waals surface area contributed by atoms with Crippen molar-refractivity contribution in [2.45, 2.75) is 38.3 Å². The van der Waals surface area contributed by atoms with E-state index < -0.39 is 17.6 Å². The Kier molecular flexibility index (Phi) is 4.47. The first-order valence-electron chi connectivity index (χ1n) is 6.46. The summed E-state index contributed by atoms with van der Waals surface area (Å²) in [5, 5.41) is 8.89. The maximum Gasteiger partial charge on any atom is 0.304 e. The third kappa shape index (κ3) is 3.50. The van der Waals surface area contributed by atoms with Gasteiger partial charge >= 0.3 is 5.97 Å². The van der Waals surface area contributed by atoms with Crippen molar-refractivity contribution in [2.75, 3.05) is 6.54 Å². The van der Waals surface area contributed by atoms with E-state index in [1.807, 2.05) is 4.90 Å². The smallest absolute Gasteiger partial charge is 0.304 e. The molecule has 1 aromatic carbocycles. The number of halogens is 2. The molecule has 5 heteroatoms. The highest BCUT2D eigenvalue weighted by Gasteiger charge is 2.25. The van der Waals surface area contributed by atoms with E-state index >= 15 is 0 Å². The summed E-state index contributed by atoms with van der Waals surface area (Å²) in [6.45, 7) is 0.995. The van der Waals surface area contributed by atoms with Gasteiger partial charge in [-0.1, -0.05) is 18.6 Å². The molecule has 1 atom stereocenters. The van der Waals surface area contributed by atoms with Gasteiger partial charge in [-0.3, -0.25) is 9.69 Å². The lowest BCUT2D eigenvalue weighted by atomic mass is 9.98. The van der Waals surface area contributed by atoms with Crippen LogP contribution in [0.1, 0.15) is 31.2 Å². The van der Waals surface area contributed by atoms with Gasteiger partial charge in [-0.25, -0.2) is 8.78 Å². The summed E-state index contributed by atoms with van der Waals surface area (Å²) in [6, 6.07) is 4.02. The zero-order valence-electron chi connectivity index (χ0n) is 10.6. The van der Waals surface area contributed by atoms with Crippen LogP contribution in [0.5, 0.6) is 0 Å². The van der Waals surface area contributed by atoms with Gasteiger partial charge in [-0.05, 0) is 25.5 Å². The molecule has 1 N–H and O–H groups in total. The Balaban J connectivity index is 2.10. The van der Waals surface area contributed by atoms with Gasteiger partial charge in [-0.2, -0.15) is 0 Å². The predicted molar refractivity (Wildman–Crippen MR) is 66.7 cm³/mol. The molecule has 0 saturated carbocycles. The van der Waals surface area contributed by atoms with E-state index in [4.69, 9.17) is 5.11 Å². The number of piperidine rings is 1. The Bertz CT molecular complexity index is 465. The number of carboxylic acids is 1. The van der Waals surface area contributed by atoms with E-state index in [-0.39, 0.29) is 24.6 Å². The summed E-state index contributed by atoms with van der Waals surface area (Å²) in [5.41, 5.74) is 0.289. The fraction of sp³-hybridized carbons (Fsp3) is 0.500. The Labute approximate surface area is 110 Å². The number of likely N-dealkylation sites (tertiary alicyclic amines) is 1. The van der Waals surface area contributed by atoms with Crippen LogP contribution in [0.4, 0.5) is 8.78 Å². The van der Waals surface area contributed by atoms with Crippen molar-refractivity contribution < 1.29 is 18.7 Å². The molecular formula is C14H17F2NO2. The van der Waals surface area contributed by atoms with Crippen LogP contribution in [-0.2, 0) is 11.3 Å². The topological polar surface area (TPSA) is 40.5 Å². The average Bonchev–Trinajstić information content (AvgIpc) is 2.36. The first kappa shape index (κ1) is 13.9. The molecule has 3 nitrogen and oxygen atoms in total. The van der Waals surface area contributed by atoms with Gasteiger partial charge in [0.05, 0.1) is 6.42 Å². The number of nitrogens with zero attached hydrogens (tertiary/aromatic N) is 1. The molecule has 1 aromatic rings. The summed E-state index contributed by atoms with van der Waals surface area (Å²) in [6.07, 6.45) is 2.80. The monoisotopic (exact) mass is 269 g/mol. The Morgan fingerprint density at radius 3 is 2.89 bits per heavy atom. The maximum absolute atomic E-state index is 13.6. The van der Waals surface area contributed by atoms with Gasteiger partial charge in [0.1, 0.15) is 0 Å². The van der Waals surface area contributed by atoms with Gasteiger partial charge < -0.3 is 5.11 Å². The summed E-state index contributed by atoms with van der Waals surface area (Å²) < 4.78 is 26.8. The second-order valence-electron chi connectivity index (χ2n) is 4.93. The van der Waals surface area contributed by atoms with Gasteiger partial charge in [0.2, 0.25) is 0 Å². The number of rotatable bonds is 4. The molecular weight excluding hydrogens is 252 g/mol. The summed E-state index contributed by atoms with van der Waals surface area (Å²) in [5.74, 6) is -2.54. The molecule has 2 rings (SSSR count). The number of aliphatic carboxylic acids is 1. The van der Waals surface area contributed by atoms with Crippen LogP contribution < -0.4 is 0 Å². The minimum atomic E-state index is -0.857. The van der Waals surface area contributed by atoms with Crippen molar-refractivity contribution >= 4 is 5.97 Å². The van der Waals surface area contributed by atoms with Crippen LogP contribution in [0, 0.1) is 11.6 Å². The molecule has 1 unspecified atom stereocenters. The van der Waals surface area contributed by atoms with E-state index in [1.54, 1.807) is 6.07 Å². The van der Waals surface area contributed by atoms with Crippen LogP contribution in [0.3, 0.4) is 0 Å². The molecule has 104 valence electrons. The summed E-state index contributed by atoms with van der Waals surface area (Å²) in [4.78, 5) is 12.8. The normalized spacial score (nSPS) is 20.4. The van der Waals surface area contributed by atoms with Crippen LogP contribution >= 0.6 is 0 Å². The Hall–Kier alpha value is -1.49. The van der Waals surface area contributed by atoms with Crippen molar-refractivity contribution in [3.63, 3.8) is 0 Å². The van der Waals surface area contributed by atoms with Crippen LogP contribution in [0.2, 0.25) is 0 Å². The second kappa shape index (κ2) is 6.10. The molecule has 0 aromatic heterocycles. The number of carbonyl (C=O) groups is 1. The fourth-order valence-electron chi connectivity index (χ4n) is 2.59. The van der Waals surface area contributed by atoms with Crippen molar-refractivity contribution in [2.24, 2.45) is 0 Å². The van der Waals surface area contributed by atoms with Gasteiger partial charge in [0.25, 0.3) is 0 Å². The number of hydrogen-bond donors (Lipinski definition) is 1. The highest BCUT2D eigenvalue weighted by Crippen LogP contribution is 2.23. The average molecular weight is 269 g/mol. The maximum atomic E-state index is 13.6. The van der Waals surface area contributed by atoms with Crippen molar-refractivity contribution in [1.82, 2.24) is 4.90 Å². The number of carboxylic acid groups (broad SMARTS) is 1. The molecule has 1 aliphatic rings. The first-order chi connectivity index (χ1) is 9.08. The quantitative estimate of drug-likeness (QED) is 0.913. The molecule has 1 fully saturated rings. The highest BCUT2D eigenvalue weighted by atomic mass is 19.2. The molecule has 0 bridgehead atoms. The van der Waals surface area contributed by atoms with Gasteiger partial charge in [0, 0.05) is 18.2 Å². The van der Waals surface area contributed by atoms with Crippen LogP contribution in [0.25, 0.3) is 0 Å². The fourth-order valence-corrected chi connectivity index (χ4v) is 2.59. The first-order valence-corrected chi connectivity index (χ1v) is 6.46.